The van der Waals surface area contributed by atoms with E-state index in [4.69, 9.17) is 17.0 Å². The number of ether oxygens (including phenoxy) is 1. The molecular formula is C16H13FN4OS. The Morgan fingerprint density at radius 2 is 1.91 bits per heavy atom. The van der Waals surface area contributed by atoms with Crippen molar-refractivity contribution in [3.05, 3.63) is 76.6 Å². The van der Waals surface area contributed by atoms with Crippen LogP contribution in [0.1, 0.15) is 11.4 Å². The molecule has 0 aliphatic heterocycles. The van der Waals surface area contributed by atoms with Crippen LogP contribution in [0.5, 0.6) is 5.75 Å². The zero-order chi connectivity index (χ0) is 16.1. The van der Waals surface area contributed by atoms with Gasteiger partial charge in [0, 0.05) is 0 Å². The van der Waals surface area contributed by atoms with E-state index < -0.39 is 0 Å². The highest BCUT2D eigenvalue weighted by molar-refractivity contribution is 7.71. The molecule has 2 aromatic carbocycles. The average molecular weight is 328 g/mol. The number of aromatic nitrogens is 3. The third-order valence-electron chi connectivity index (χ3n) is 3.02. The predicted octanol–water partition coefficient (Wildman–Crippen LogP) is 3.54. The Hall–Kier alpha value is -2.80. The fourth-order valence-corrected chi connectivity index (χ4v) is 2.07. The molecule has 7 heteroatoms. The lowest BCUT2D eigenvalue weighted by molar-refractivity contribution is 0.290. The van der Waals surface area contributed by atoms with Crippen molar-refractivity contribution in [2.45, 2.75) is 6.61 Å². The fourth-order valence-electron chi connectivity index (χ4n) is 1.87. The molecule has 0 unspecified atom stereocenters. The molecule has 0 saturated heterocycles. The van der Waals surface area contributed by atoms with Crippen LogP contribution in [0.15, 0.2) is 59.7 Å². The van der Waals surface area contributed by atoms with Crippen molar-refractivity contribution in [3.63, 3.8) is 0 Å². The largest absolute Gasteiger partial charge is 0.486 e. The number of para-hydroxylation sites is 1. The van der Waals surface area contributed by atoms with Crippen LogP contribution >= 0.6 is 12.2 Å². The summed E-state index contributed by atoms with van der Waals surface area (Å²) in [5.74, 6) is 0.978. The lowest BCUT2D eigenvalue weighted by Gasteiger charge is -2.04. The monoisotopic (exact) mass is 328 g/mol. The Morgan fingerprint density at radius 3 is 2.65 bits per heavy atom. The van der Waals surface area contributed by atoms with E-state index in [0.717, 1.165) is 11.3 Å². The number of nitrogens with one attached hydrogen (secondary N) is 1. The van der Waals surface area contributed by atoms with Crippen LogP contribution in [0.25, 0.3) is 0 Å². The van der Waals surface area contributed by atoms with Gasteiger partial charge in [0.05, 0.1) is 6.21 Å². The molecule has 1 N–H and O–H groups in total. The van der Waals surface area contributed by atoms with Crippen molar-refractivity contribution in [2.24, 2.45) is 5.10 Å². The number of benzene rings is 2. The van der Waals surface area contributed by atoms with Crippen molar-refractivity contribution in [3.8, 4) is 5.75 Å². The van der Waals surface area contributed by atoms with Gasteiger partial charge in [-0.1, -0.05) is 30.3 Å². The van der Waals surface area contributed by atoms with Gasteiger partial charge in [-0.15, -0.1) is 0 Å². The van der Waals surface area contributed by atoms with Gasteiger partial charge < -0.3 is 4.74 Å². The molecule has 0 fully saturated rings. The average Bonchev–Trinajstić information content (AvgIpc) is 2.93. The zero-order valence-electron chi connectivity index (χ0n) is 12.0. The minimum Gasteiger partial charge on any atom is -0.486 e. The second kappa shape index (κ2) is 6.97. The van der Waals surface area contributed by atoms with E-state index >= 15 is 0 Å². The third kappa shape index (κ3) is 3.89. The van der Waals surface area contributed by atoms with Crippen LogP contribution in [0.2, 0.25) is 0 Å². The summed E-state index contributed by atoms with van der Waals surface area (Å²) >= 11 is 5.16. The minimum absolute atomic E-state index is 0.220. The molecule has 5 nitrogen and oxygen atoms in total. The Labute approximate surface area is 137 Å². The molecule has 23 heavy (non-hydrogen) atoms. The van der Waals surface area contributed by atoms with Gasteiger partial charge in [-0.25, -0.2) is 9.49 Å². The molecule has 0 saturated carbocycles. The lowest BCUT2D eigenvalue weighted by Crippen LogP contribution is -2.04. The van der Waals surface area contributed by atoms with Gasteiger partial charge in [-0.2, -0.15) is 14.9 Å². The number of H-pyrrole nitrogens is 1. The van der Waals surface area contributed by atoms with E-state index in [0.29, 0.717) is 10.6 Å². The number of nitrogens with zero attached hydrogens (tertiary/aromatic N) is 3. The maximum Gasteiger partial charge on any atom is 0.216 e. The predicted molar refractivity (Wildman–Crippen MR) is 87.6 cm³/mol. The third-order valence-corrected chi connectivity index (χ3v) is 3.29. The molecule has 1 aromatic heterocycles. The summed E-state index contributed by atoms with van der Waals surface area (Å²) in [4.78, 5) is 0. The van der Waals surface area contributed by atoms with E-state index in [1.807, 2.05) is 30.3 Å². The van der Waals surface area contributed by atoms with Gasteiger partial charge >= 0.3 is 0 Å². The van der Waals surface area contributed by atoms with Crippen LogP contribution in [-0.4, -0.2) is 21.1 Å². The van der Waals surface area contributed by atoms with Crippen molar-refractivity contribution >= 4 is 18.4 Å². The summed E-state index contributed by atoms with van der Waals surface area (Å²) in [6.07, 6.45) is 1.58. The molecule has 0 bridgehead atoms. The number of aromatic amines is 1. The lowest BCUT2D eigenvalue weighted by atomic mass is 10.2. The first-order chi connectivity index (χ1) is 11.2. The fraction of sp³-hybridized carbons (Fsp3) is 0.0625. The highest BCUT2D eigenvalue weighted by Crippen LogP contribution is 2.11. The van der Waals surface area contributed by atoms with Crippen LogP contribution in [-0.2, 0) is 6.61 Å². The van der Waals surface area contributed by atoms with Crippen LogP contribution in [0.3, 0.4) is 0 Å². The number of hydrogen-bond donors (Lipinski definition) is 1. The normalized spacial score (nSPS) is 11.0. The van der Waals surface area contributed by atoms with E-state index in [9.17, 15) is 4.39 Å². The Kier molecular flexibility index (Phi) is 4.58. The maximum absolute atomic E-state index is 12.9. The standard InChI is InChI=1S/C16H13FN4OS/c17-13-8-6-12(7-9-13)10-18-21-15(19-20-16(21)23)11-22-14-4-2-1-3-5-14/h1-10H,11H2,(H,20,23)/b18-10-. The molecule has 0 spiro atoms. The minimum atomic E-state index is -0.293. The van der Waals surface area contributed by atoms with Gasteiger partial charge in [-0.05, 0) is 42.0 Å². The molecule has 116 valence electrons. The van der Waals surface area contributed by atoms with E-state index in [2.05, 4.69) is 15.3 Å². The van der Waals surface area contributed by atoms with Crippen LogP contribution in [0.4, 0.5) is 4.39 Å². The second-order valence-electron chi connectivity index (χ2n) is 4.65. The number of hydrogen-bond acceptors (Lipinski definition) is 4. The molecule has 0 aliphatic rings. The van der Waals surface area contributed by atoms with Gasteiger partial charge in [0.15, 0.2) is 5.82 Å². The summed E-state index contributed by atoms with van der Waals surface area (Å²) in [7, 11) is 0. The topological polar surface area (TPSA) is 55.2 Å². The Morgan fingerprint density at radius 1 is 1.17 bits per heavy atom. The molecule has 0 aliphatic carbocycles. The van der Waals surface area contributed by atoms with E-state index in [1.165, 1.54) is 16.8 Å². The zero-order valence-corrected chi connectivity index (χ0v) is 12.8. The highest BCUT2D eigenvalue weighted by Gasteiger charge is 2.06. The molecule has 1 heterocycles. The summed E-state index contributed by atoms with van der Waals surface area (Å²) < 4.78 is 20.4. The van der Waals surface area contributed by atoms with Gasteiger partial charge in [0.1, 0.15) is 18.2 Å². The van der Waals surface area contributed by atoms with E-state index in [1.54, 1.807) is 18.3 Å². The van der Waals surface area contributed by atoms with Crippen molar-refractivity contribution in [1.29, 1.82) is 0 Å². The summed E-state index contributed by atoms with van der Waals surface area (Å²) in [5.41, 5.74) is 0.754. The summed E-state index contributed by atoms with van der Waals surface area (Å²) in [5, 5.41) is 11.1. The van der Waals surface area contributed by atoms with Gasteiger partial charge in [0.25, 0.3) is 0 Å². The number of halogens is 1. The van der Waals surface area contributed by atoms with Gasteiger partial charge in [0.2, 0.25) is 4.77 Å². The first-order valence-corrected chi connectivity index (χ1v) is 7.27. The smallest absolute Gasteiger partial charge is 0.216 e. The first-order valence-electron chi connectivity index (χ1n) is 6.86. The molecule has 0 amide bonds. The first kappa shape index (κ1) is 15.1. The Bertz CT molecular complexity index is 856. The maximum atomic E-state index is 12.9. The molecule has 0 radical (unpaired) electrons. The molecule has 0 atom stereocenters. The highest BCUT2D eigenvalue weighted by atomic mass is 32.1. The van der Waals surface area contributed by atoms with Crippen LogP contribution in [0, 0.1) is 10.6 Å². The number of rotatable bonds is 5. The van der Waals surface area contributed by atoms with E-state index in [-0.39, 0.29) is 12.4 Å². The molecule has 3 rings (SSSR count). The van der Waals surface area contributed by atoms with Crippen molar-refractivity contribution in [1.82, 2.24) is 14.9 Å². The summed E-state index contributed by atoms with van der Waals surface area (Å²) in [6.45, 7) is 0.220. The Balaban J connectivity index is 1.76. The molecular weight excluding hydrogens is 315 g/mol. The molecule has 3 aromatic rings. The second-order valence-corrected chi connectivity index (χ2v) is 5.04. The van der Waals surface area contributed by atoms with Crippen molar-refractivity contribution in [2.75, 3.05) is 0 Å². The van der Waals surface area contributed by atoms with Crippen molar-refractivity contribution < 1.29 is 9.13 Å². The SMILES string of the molecule is Fc1ccc(/C=N\n2c(COc3ccccc3)n[nH]c2=S)cc1. The quantitative estimate of drug-likeness (QED) is 0.576. The summed E-state index contributed by atoms with van der Waals surface area (Å²) in [6, 6.07) is 15.4. The van der Waals surface area contributed by atoms with Gasteiger partial charge in [-0.3, -0.25) is 0 Å². The van der Waals surface area contributed by atoms with Crippen LogP contribution < -0.4 is 4.74 Å².